The molecule has 0 saturated heterocycles. The number of rotatable bonds is 5. The van der Waals surface area contributed by atoms with Crippen LogP contribution in [0.15, 0.2) is 28.8 Å². The third kappa shape index (κ3) is 2.88. The molecule has 0 bridgehead atoms. The molecule has 1 heterocycles. The van der Waals surface area contributed by atoms with E-state index in [0.717, 1.165) is 12.1 Å². The van der Waals surface area contributed by atoms with Crippen molar-refractivity contribution in [2.45, 2.75) is 39.2 Å². The minimum Gasteiger partial charge on any atom is -0.338 e. The number of hydrogen-bond donors (Lipinski definition) is 1. The number of halogens is 1. The Balaban J connectivity index is 2.27. The minimum absolute atomic E-state index is 0.0188. The Kier molecular flexibility index (Phi) is 4.18. The molecule has 2 aromatic rings. The molecule has 108 valence electrons. The zero-order chi connectivity index (χ0) is 14.8. The lowest BCUT2D eigenvalue weighted by Crippen LogP contribution is -2.22. The fourth-order valence-corrected chi connectivity index (χ4v) is 2.05. The highest BCUT2D eigenvalue weighted by Gasteiger charge is 2.29. The van der Waals surface area contributed by atoms with Crippen molar-refractivity contribution in [2.24, 2.45) is 0 Å². The first kappa shape index (κ1) is 14.7. The molecule has 0 spiro atoms. The Labute approximate surface area is 118 Å². The first-order valence-electron chi connectivity index (χ1n) is 6.78. The van der Waals surface area contributed by atoms with Gasteiger partial charge in [-0.1, -0.05) is 24.2 Å². The third-order valence-corrected chi connectivity index (χ3v) is 3.45. The topological polar surface area (TPSA) is 51.0 Å². The summed E-state index contributed by atoms with van der Waals surface area (Å²) in [5.74, 6) is 0.917. The Hall–Kier alpha value is -1.75. The standard InChI is InChI=1S/C15H20FN3O/c1-5-17-10(2)13-18-14(19-20-13)15(3,4)11-6-8-12(16)9-7-11/h6-10,17H,5H2,1-4H3. The van der Waals surface area contributed by atoms with E-state index in [1.807, 2.05) is 27.7 Å². The molecule has 1 aromatic carbocycles. The van der Waals surface area contributed by atoms with Gasteiger partial charge in [-0.2, -0.15) is 4.98 Å². The van der Waals surface area contributed by atoms with E-state index in [1.54, 1.807) is 12.1 Å². The van der Waals surface area contributed by atoms with Gasteiger partial charge in [0.15, 0.2) is 5.82 Å². The van der Waals surface area contributed by atoms with Gasteiger partial charge in [0.2, 0.25) is 5.89 Å². The molecule has 0 radical (unpaired) electrons. The number of nitrogens with zero attached hydrogens (tertiary/aromatic N) is 2. The highest BCUT2D eigenvalue weighted by Crippen LogP contribution is 2.30. The van der Waals surface area contributed by atoms with Crippen LogP contribution in [-0.4, -0.2) is 16.7 Å². The first-order chi connectivity index (χ1) is 9.45. The van der Waals surface area contributed by atoms with Gasteiger partial charge in [-0.25, -0.2) is 4.39 Å². The van der Waals surface area contributed by atoms with Crippen LogP contribution in [0.2, 0.25) is 0 Å². The summed E-state index contributed by atoms with van der Waals surface area (Å²) in [5.41, 5.74) is 0.517. The fourth-order valence-electron chi connectivity index (χ4n) is 2.05. The van der Waals surface area contributed by atoms with E-state index in [-0.39, 0.29) is 11.9 Å². The predicted octanol–water partition coefficient (Wildman–Crippen LogP) is 3.21. The minimum atomic E-state index is -0.429. The third-order valence-electron chi connectivity index (χ3n) is 3.45. The summed E-state index contributed by atoms with van der Waals surface area (Å²) in [6.07, 6.45) is 0. The summed E-state index contributed by atoms with van der Waals surface area (Å²) in [4.78, 5) is 4.47. The molecular weight excluding hydrogens is 257 g/mol. The van der Waals surface area contributed by atoms with Crippen LogP contribution in [0.3, 0.4) is 0 Å². The molecule has 0 aliphatic carbocycles. The number of nitrogens with one attached hydrogen (secondary N) is 1. The van der Waals surface area contributed by atoms with Crippen LogP contribution in [0.25, 0.3) is 0 Å². The van der Waals surface area contributed by atoms with Crippen molar-refractivity contribution in [1.82, 2.24) is 15.5 Å². The number of benzene rings is 1. The first-order valence-corrected chi connectivity index (χ1v) is 6.78. The normalized spacial score (nSPS) is 13.4. The number of aromatic nitrogens is 2. The van der Waals surface area contributed by atoms with Crippen LogP contribution in [-0.2, 0) is 5.41 Å². The molecule has 1 N–H and O–H groups in total. The average Bonchev–Trinajstić information content (AvgIpc) is 2.90. The van der Waals surface area contributed by atoms with Crippen LogP contribution in [0.5, 0.6) is 0 Å². The van der Waals surface area contributed by atoms with Crippen molar-refractivity contribution >= 4 is 0 Å². The Morgan fingerprint density at radius 3 is 2.55 bits per heavy atom. The van der Waals surface area contributed by atoms with Gasteiger partial charge in [0.1, 0.15) is 5.82 Å². The van der Waals surface area contributed by atoms with Crippen molar-refractivity contribution in [2.75, 3.05) is 6.54 Å². The summed E-state index contributed by atoms with van der Waals surface area (Å²) >= 11 is 0. The Morgan fingerprint density at radius 1 is 1.30 bits per heavy atom. The lowest BCUT2D eigenvalue weighted by molar-refractivity contribution is 0.334. The number of hydrogen-bond acceptors (Lipinski definition) is 4. The largest absolute Gasteiger partial charge is 0.338 e. The second-order valence-corrected chi connectivity index (χ2v) is 5.37. The van der Waals surface area contributed by atoms with Crippen molar-refractivity contribution in [3.8, 4) is 0 Å². The summed E-state index contributed by atoms with van der Waals surface area (Å²) in [5, 5.41) is 7.30. The van der Waals surface area contributed by atoms with Crippen LogP contribution < -0.4 is 5.32 Å². The molecule has 0 fully saturated rings. The highest BCUT2D eigenvalue weighted by atomic mass is 19.1. The molecule has 1 aromatic heterocycles. The molecule has 4 nitrogen and oxygen atoms in total. The van der Waals surface area contributed by atoms with E-state index in [1.165, 1.54) is 12.1 Å². The molecule has 0 aliphatic heterocycles. The zero-order valence-electron chi connectivity index (χ0n) is 12.3. The summed E-state index contributed by atoms with van der Waals surface area (Å²) < 4.78 is 18.3. The van der Waals surface area contributed by atoms with Crippen LogP contribution in [0.1, 0.15) is 51.0 Å². The maximum absolute atomic E-state index is 13.0. The van der Waals surface area contributed by atoms with Gasteiger partial charge in [-0.15, -0.1) is 0 Å². The average molecular weight is 277 g/mol. The zero-order valence-corrected chi connectivity index (χ0v) is 12.3. The van der Waals surface area contributed by atoms with Crippen molar-refractivity contribution < 1.29 is 8.91 Å². The lowest BCUT2D eigenvalue weighted by Gasteiger charge is -2.20. The molecule has 2 rings (SSSR count). The van der Waals surface area contributed by atoms with Gasteiger partial charge in [0.25, 0.3) is 0 Å². The van der Waals surface area contributed by atoms with Gasteiger partial charge in [0.05, 0.1) is 11.5 Å². The van der Waals surface area contributed by atoms with Crippen molar-refractivity contribution in [1.29, 1.82) is 0 Å². The molecule has 0 aliphatic rings. The molecule has 0 amide bonds. The van der Waals surface area contributed by atoms with E-state index in [2.05, 4.69) is 15.5 Å². The summed E-state index contributed by atoms with van der Waals surface area (Å²) in [7, 11) is 0. The monoisotopic (exact) mass is 277 g/mol. The maximum atomic E-state index is 13.0. The van der Waals surface area contributed by atoms with Gasteiger partial charge >= 0.3 is 0 Å². The second kappa shape index (κ2) is 5.71. The van der Waals surface area contributed by atoms with Crippen LogP contribution in [0, 0.1) is 5.82 Å². The van der Waals surface area contributed by atoms with Crippen molar-refractivity contribution in [3.63, 3.8) is 0 Å². The molecule has 0 saturated carbocycles. The van der Waals surface area contributed by atoms with Gasteiger partial charge in [0, 0.05) is 0 Å². The SMILES string of the molecule is CCNC(C)c1nc(C(C)(C)c2ccc(F)cc2)no1. The lowest BCUT2D eigenvalue weighted by atomic mass is 9.84. The Morgan fingerprint density at radius 2 is 1.95 bits per heavy atom. The van der Waals surface area contributed by atoms with E-state index >= 15 is 0 Å². The van der Waals surface area contributed by atoms with E-state index in [0.29, 0.717) is 11.7 Å². The smallest absolute Gasteiger partial charge is 0.243 e. The molecule has 20 heavy (non-hydrogen) atoms. The van der Waals surface area contributed by atoms with Crippen LogP contribution >= 0.6 is 0 Å². The second-order valence-electron chi connectivity index (χ2n) is 5.37. The quantitative estimate of drug-likeness (QED) is 0.911. The van der Waals surface area contributed by atoms with Gasteiger partial charge in [-0.05, 0) is 45.0 Å². The molecule has 5 heteroatoms. The fraction of sp³-hybridized carbons (Fsp3) is 0.467. The van der Waals surface area contributed by atoms with Crippen molar-refractivity contribution in [3.05, 3.63) is 47.4 Å². The van der Waals surface area contributed by atoms with Gasteiger partial charge in [-0.3, -0.25) is 0 Å². The predicted molar refractivity (Wildman–Crippen MR) is 74.9 cm³/mol. The summed E-state index contributed by atoms with van der Waals surface area (Å²) in [6.45, 7) is 8.82. The molecule has 1 unspecified atom stereocenters. The summed E-state index contributed by atoms with van der Waals surface area (Å²) in [6, 6.07) is 6.40. The molecule has 1 atom stereocenters. The van der Waals surface area contributed by atoms with Gasteiger partial charge < -0.3 is 9.84 Å². The van der Waals surface area contributed by atoms with E-state index in [4.69, 9.17) is 4.52 Å². The maximum Gasteiger partial charge on any atom is 0.243 e. The Bertz CT molecular complexity index is 563. The molecular formula is C15H20FN3O. The van der Waals surface area contributed by atoms with Crippen LogP contribution in [0.4, 0.5) is 4.39 Å². The highest BCUT2D eigenvalue weighted by molar-refractivity contribution is 5.30. The van der Waals surface area contributed by atoms with E-state index < -0.39 is 5.41 Å². The van der Waals surface area contributed by atoms with E-state index in [9.17, 15) is 4.39 Å².